The van der Waals surface area contributed by atoms with Crippen LogP contribution in [0.25, 0.3) is 0 Å². The first kappa shape index (κ1) is 13.3. The molecule has 1 heterocycles. The van der Waals surface area contributed by atoms with Gasteiger partial charge in [-0.3, -0.25) is 0 Å². The number of halogens is 1. The highest BCUT2D eigenvalue weighted by atomic mass is 32.2. The molecule has 1 aromatic carbocycles. The van der Waals surface area contributed by atoms with Crippen LogP contribution in [0.3, 0.4) is 0 Å². The minimum Gasteiger partial charge on any atom is -0.399 e. The number of benzene rings is 1. The van der Waals surface area contributed by atoms with E-state index in [4.69, 9.17) is 10.5 Å². The summed E-state index contributed by atoms with van der Waals surface area (Å²) in [6.07, 6.45) is 0.585. The number of aryl methyl sites for hydroxylation is 1. The summed E-state index contributed by atoms with van der Waals surface area (Å²) in [7, 11) is -3.90. The second-order valence-electron chi connectivity index (χ2n) is 4.33. The molecule has 1 aromatic rings. The van der Waals surface area contributed by atoms with Gasteiger partial charge in [0, 0.05) is 18.3 Å². The van der Waals surface area contributed by atoms with Crippen LogP contribution in [0.4, 0.5) is 10.1 Å². The number of sulfonamides is 1. The van der Waals surface area contributed by atoms with E-state index < -0.39 is 20.7 Å². The Kier molecular flexibility index (Phi) is 3.56. The third-order valence-corrected chi connectivity index (χ3v) is 4.30. The van der Waals surface area contributed by atoms with Crippen molar-refractivity contribution in [1.82, 2.24) is 4.72 Å². The minimum absolute atomic E-state index is 0.207. The highest BCUT2D eigenvalue weighted by Crippen LogP contribution is 2.22. The zero-order valence-corrected chi connectivity index (χ0v) is 10.8. The molecule has 0 amide bonds. The Morgan fingerprint density at radius 1 is 1.50 bits per heavy atom. The quantitative estimate of drug-likeness (QED) is 0.798. The van der Waals surface area contributed by atoms with Crippen LogP contribution >= 0.6 is 0 Å². The smallest absolute Gasteiger partial charge is 0.243 e. The summed E-state index contributed by atoms with van der Waals surface area (Å²) in [5.41, 5.74) is 5.98. The predicted octanol–water partition coefficient (Wildman–Crippen LogP) is 0.784. The monoisotopic (exact) mass is 274 g/mol. The fourth-order valence-electron chi connectivity index (χ4n) is 1.87. The lowest BCUT2D eigenvalue weighted by Crippen LogP contribution is -2.35. The molecule has 100 valence electrons. The number of nitrogens with one attached hydrogen (secondary N) is 1. The summed E-state index contributed by atoms with van der Waals surface area (Å²) in [5, 5.41) is 0. The van der Waals surface area contributed by atoms with E-state index in [1.165, 1.54) is 13.0 Å². The lowest BCUT2D eigenvalue weighted by molar-refractivity contribution is 0.192. The fraction of sp³-hybridized carbons (Fsp3) is 0.455. The Labute approximate surface area is 105 Å². The van der Waals surface area contributed by atoms with Crippen LogP contribution in [0.2, 0.25) is 0 Å². The van der Waals surface area contributed by atoms with Crippen molar-refractivity contribution in [2.75, 3.05) is 18.9 Å². The molecule has 0 saturated carbocycles. The molecule has 1 fully saturated rings. The third-order valence-electron chi connectivity index (χ3n) is 2.78. The molecule has 1 aliphatic heterocycles. The van der Waals surface area contributed by atoms with Gasteiger partial charge in [-0.25, -0.2) is 17.5 Å². The Bertz CT molecular complexity index is 554. The molecule has 1 unspecified atom stereocenters. The molecular formula is C11H15FN2O3S. The van der Waals surface area contributed by atoms with Gasteiger partial charge < -0.3 is 10.5 Å². The molecular weight excluding hydrogens is 259 g/mol. The molecule has 18 heavy (non-hydrogen) atoms. The van der Waals surface area contributed by atoms with Crippen molar-refractivity contribution >= 4 is 15.7 Å². The number of ether oxygens (including phenoxy) is 1. The maximum Gasteiger partial charge on any atom is 0.243 e. The lowest BCUT2D eigenvalue weighted by atomic mass is 10.2. The van der Waals surface area contributed by atoms with E-state index in [2.05, 4.69) is 4.72 Å². The van der Waals surface area contributed by atoms with Crippen molar-refractivity contribution < 1.29 is 17.5 Å². The number of hydrogen-bond acceptors (Lipinski definition) is 4. The van der Waals surface area contributed by atoms with Gasteiger partial charge in [0.2, 0.25) is 10.0 Å². The van der Waals surface area contributed by atoms with Gasteiger partial charge in [-0.2, -0.15) is 0 Å². The standard InChI is InChI=1S/C11H15FN2O3S/c1-7-4-8(13)5-10(11(7)12)18(15,16)14-9-2-3-17-6-9/h4-5,9,14H,2-3,6,13H2,1H3. The van der Waals surface area contributed by atoms with E-state index in [0.29, 0.717) is 19.6 Å². The van der Waals surface area contributed by atoms with E-state index >= 15 is 0 Å². The Morgan fingerprint density at radius 2 is 2.22 bits per heavy atom. The SMILES string of the molecule is Cc1cc(N)cc(S(=O)(=O)NC2CCOC2)c1F. The first-order valence-electron chi connectivity index (χ1n) is 5.56. The zero-order valence-electron chi connectivity index (χ0n) is 9.94. The molecule has 2 rings (SSSR count). The van der Waals surface area contributed by atoms with E-state index in [0.717, 1.165) is 6.07 Å². The van der Waals surface area contributed by atoms with Gasteiger partial charge in [0.05, 0.1) is 6.61 Å². The van der Waals surface area contributed by atoms with Crippen molar-refractivity contribution in [3.8, 4) is 0 Å². The average Bonchev–Trinajstić information content (AvgIpc) is 2.75. The van der Waals surface area contributed by atoms with E-state index in [9.17, 15) is 12.8 Å². The van der Waals surface area contributed by atoms with E-state index in [-0.39, 0.29) is 17.3 Å². The molecule has 7 heteroatoms. The van der Waals surface area contributed by atoms with Crippen molar-refractivity contribution in [3.63, 3.8) is 0 Å². The number of hydrogen-bond donors (Lipinski definition) is 2. The fourth-order valence-corrected chi connectivity index (χ4v) is 3.31. The summed E-state index contributed by atoms with van der Waals surface area (Å²) in [6.45, 7) is 2.29. The molecule has 5 nitrogen and oxygen atoms in total. The van der Waals surface area contributed by atoms with Crippen molar-refractivity contribution in [2.45, 2.75) is 24.3 Å². The van der Waals surface area contributed by atoms with Crippen LogP contribution in [0.15, 0.2) is 17.0 Å². The van der Waals surface area contributed by atoms with Gasteiger partial charge in [-0.05, 0) is 31.0 Å². The molecule has 3 N–H and O–H groups in total. The number of nitrogens with two attached hydrogens (primary N) is 1. The van der Waals surface area contributed by atoms with Crippen molar-refractivity contribution in [2.24, 2.45) is 0 Å². The van der Waals surface area contributed by atoms with Gasteiger partial charge in [-0.15, -0.1) is 0 Å². The zero-order chi connectivity index (χ0) is 13.3. The molecule has 1 atom stereocenters. The van der Waals surface area contributed by atoms with Crippen molar-refractivity contribution in [3.05, 3.63) is 23.5 Å². The molecule has 1 saturated heterocycles. The molecule has 0 radical (unpaired) electrons. The first-order chi connectivity index (χ1) is 8.40. The topological polar surface area (TPSA) is 81.4 Å². The first-order valence-corrected chi connectivity index (χ1v) is 7.04. The van der Waals surface area contributed by atoms with Crippen LogP contribution in [0.5, 0.6) is 0 Å². The third kappa shape index (κ3) is 2.63. The van der Waals surface area contributed by atoms with Gasteiger partial charge in [0.15, 0.2) is 0 Å². The second kappa shape index (κ2) is 4.83. The highest BCUT2D eigenvalue weighted by Gasteiger charge is 2.26. The molecule has 0 aliphatic carbocycles. The molecule has 1 aliphatic rings. The van der Waals surface area contributed by atoms with Gasteiger partial charge >= 0.3 is 0 Å². The van der Waals surface area contributed by atoms with Gasteiger partial charge in [0.25, 0.3) is 0 Å². The van der Waals surface area contributed by atoms with Crippen LogP contribution in [0.1, 0.15) is 12.0 Å². The van der Waals surface area contributed by atoms with Gasteiger partial charge in [-0.1, -0.05) is 0 Å². The summed E-state index contributed by atoms with van der Waals surface area (Å²) >= 11 is 0. The van der Waals surface area contributed by atoms with Crippen LogP contribution < -0.4 is 10.5 Å². The average molecular weight is 274 g/mol. The predicted molar refractivity (Wildman–Crippen MR) is 65.1 cm³/mol. The Balaban J connectivity index is 2.34. The van der Waals surface area contributed by atoms with Crippen molar-refractivity contribution in [1.29, 1.82) is 0 Å². The largest absolute Gasteiger partial charge is 0.399 e. The van der Waals surface area contributed by atoms with Crippen LogP contribution in [-0.2, 0) is 14.8 Å². The second-order valence-corrected chi connectivity index (χ2v) is 6.01. The lowest BCUT2D eigenvalue weighted by Gasteiger charge is -2.13. The summed E-state index contributed by atoms with van der Waals surface area (Å²) in [4.78, 5) is -0.410. The van der Waals surface area contributed by atoms with E-state index in [1.54, 1.807) is 0 Å². The summed E-state index contributed by atoms with van der Waals surface area (Å²) < 4.78 is 45.4. The minimum atomic E-state index is -3.90. The maximum atomic E-state index is 13.8. The molecule has 0 bridgehead atoms. The highest BCUT2D eigenvalue weighted by molar-refractivity contribution is 7.89. The number of nitrogen functional groups attached to an aromatic ring is 1. The Morgan fingerprint density at radius 3 is 2.83 bits per heavy atom. The van der Waals surface area contributed by atoms with E-state index in [1.807, 2.05) is 0 Å². The number of anilines is 1. The maximum absolute atomic E-state index is 13.8. The van der Waals surface area contributed by atoms with Gasteiger partial charge in [0.1, 0.15) is 10.7 Å². The van der Waals surface area contributed by atoms with Crippen LogP contribution in [0, 0.1) is 12.7 Å². The summed E-state index contributed by atoms with van der Waals surface area (Å²) in [6, 6.07) is 2.21. The summed E-state index contributed by atoms with van der Waals surface area (Å²) in [5.74, 6) is -0.768. The molecule has 0 spiro atoms. The molecule has 0 aromatic heterocycles. The Hall–Kier alpha value is -1.18. The normalized spacial score (nSPS) is 20.2. The number of rotatable bonds is 3. The van der Waals surface area contributed by atoms with Crippen LogP contribution in [-0.4, -0.2) is 27.7 Å².